The van der Waals surface area contributed by atoms with E-state index < -0.39 is 16.0 Å². The molecule has 0 saturated carbocycles. The summed E-state index contributed by atoms with van der Waals surface area (Å²) in [7, 11) is -3.85. The summed E-state index contributed by atoms with van der Waals surface area (Å²) in [5.74, 6) is 0.0731. The Bertz CT molecular complexity index is 1200. The van der Waals surface area contributed by atoms with Gasteiger partial charge in [-0.05, 0) is 67.1 Å². The fourth-order valence-electron chi connectivity index (χ4n) is 3.69. The zero-order valence-corrected chi connectivity index (χ0v) is 20.9. The molecule has 7 nitrogen and oxygen atoms in total. The predicted molar refractivity (Wildman–Crippen MR) is 127 cm³/mol. The summed E-state index contributed by atoms with van der Waals surface area (Å²) in [6.07, 6.45) is 1.52. The zero-order valence-electron chi connectivity index (χ0n) is 20.1. The Hall–Kier alpha value is -2.84. The second-order valence-corrected chi connectivity index (χ2v) is 11.0. The lowest BCUT2D eigenvalue weighted by atomic mass is 9.87. The fourth-order valence-corrected chi connectivity index (χ4v) is 5.06. The molecule has 0 aliphatic carbocycles. The molecule has 8 heteroatoms. The van der Waals surface area contributed by atoms with E-state index in [0.717, 1.165) is 16.8 Å². The molecule has 0 saturated heterocycles. The largest absolute Gasteiger partial charge is 0.468 e. The van der Waals surface area contributed by atoms with Gasteiger partial charge in [0.2, 0.25) is 10.0 Å². The highest BCUT2D eigenvalue weighted by atomic mass is 32.2. The number of carbonyl (C=O) groups is 1. The number of furan rings is 1. The molecule has 178 valence electrons. The van der Waals surface area contributed by atoms with Crippen molar-refractivity contribution in [2.75, 3.05) is 6.61 Å². The van der Waals surface area contributed by atoms with Crippen LogP contribution in [0.4, 0.5) is 0 Å². The molecule has 3 aromatic rings. The van der Waals surface area contributed by atoms with Gasteiger partial charge >= 0.3 is 5.97 Å². The van der Waals surface area contributed by atoms with Gasteiger partial charge in [0.25, 0.3) is 0 Å². The van der Waals surface area contributed by atoms with Gasteiger partial charge in [-0.25, -0.2) is 13.2 Å². The first-order valence-electron chi connectivity index (χ1n) is 10.9. The van der Waals surface area contributed by atoms with Gasteiger partial charge in [-0.1, -0.05) is 32.9 Å². The van der Waals surface area contributed by atoms with E-state index in [0.29, 0.717) is 17.0 Å². The number of aromatic amines is 1. The molecule has 0 amide bonds. The van der Waals surface area contributed by atoms with Gasteiger partial charge in [0.1, 0.15) is 11.5 Å². The van der Waals surface area contributed by atoms with Gasteiger partial charge in [-0.15, -0.1) is 0 Å². The number of aryl methyl sites for hydroxylation is 1. The van der Waals surface area contributed by atoms with Gasteiger partial charge < -0.3 is 14.1 Å². The van der Waals surface area contributed by atoms with Crippen LogP contribution in [0.3, 0.4) is 0 Å². The molecule has 33 heavy (non-hydrogen) atoms. The van der Waals surface area contributed by atoms with Crippen molar-refractivity contribution in [2.24, 2.45) is 0 Å². The first kappa shape index (κ1) is 24.8. The first-order chi connectivity index (χ1) is 15.4. The number of nitrogens with zero attached hydrogens (tertiary/aromatic N) is 1. The molecule has 0 radical (unpaired) electrons. The first-order valence-corrected chi connectivity index (χ1v) is 12.4. The lowest BCUT2D eigenvalue weighted by Crippen LogP contribution is -2.30. The molecule has 0 spiro atoms. The highest BCUT2D eigenvalue weighted by Crippen LogP contribution is 2.28. The normalized spacial score (nSPS) is 12.3. The zero-order chi connectivity index (χ0) is 24.4. The van der Waals surface area contributed by atoms with E-state index in [4.69, 9.17) is 9.15 Å². The molecule has 0 aliphatic rings. The number of benzene rings is 1. The number of rotatable bonds is 8. The third kappa shape index (κ3) is 5.39. The molecule has 2 heterocycles. The maximum Gasteiger partial charge on any atom is 0.355 e. The summed E-state index contributed by atoms with van der Waals surface area (Å²) >= 11 is 0. The van der Waals surface area contributed by atoms with Gasteiger partial charge in [0, 0.05) is 12.2 Å². The summed E-state index contributed by atoms with van der Waals surface area (Å²) < 4.78 is 39.3. The minimum absolute atomic E-state index is 0.0646. The van der Waals surface area contributed by atoms with Crippen LogP contribution in [0.5, 0.6) is 0 Å². The number of carbonyl (C=O) groups excluding carboxylic acids is 1. The molecule has 0 atom stereocenters. The predicted octanol–water partition coefficient (Wildman–Crippen LogP) is 5.09. The van der Waals surface area contributed by atoms with Gasteiger partial charge in [0.15, 0.2) is 0 Å². The van der Waals surface area contributed by atoms with Crippen LogP contribution in [0.25, 0.3) is 0 Å². The smallest absolute Gasteiger partial charge is 0.355 e. The van der Waals surface area contributed by atoms with Crippen LogP contribution in [-0.4, -0.2) is 30.3 Å². The number of hydrogen-bond acceptors (Lipinski definition) is 5. The highest BCUT2D eigenvalue weighted by molar-refractivity contribution is 7.89. The third-order valence-electron chi connectivity index (χ3n) is 5.68. The standard InChI is InChI=1S/C25H32N2O5S/c1-7-31-24(28)23-17(2)22(18(3)26-23)16-27(15-20-9-8-14-32-20)33(29,30)21-12-10-19(11-13-21)25(4,5)6/h8-14,26H,7,15-16H2,1-6H3. The van der Waals surface area contributed by atoms with Crippen LogP contribution in [0, 0.1) is 13.8 Å². The van der Waals surface area contributed by atoms with Crippen LogP contribution in [0.1, 0.15) is 66.3 Å². The molecule has 1 N–H and O–H groups in total. The number of H-pyrrole nitrogens is 1. The van der Waals surface area contributed by atoms with Crippen molar-refractivity contribution in [3.63, 3.8) is 0 Å². The van der Waals surface area contributed by atoms with E-state index in [-0.39, 0.29) is 30.0 Å². The SMILES string of the molecule is CCOC(=O)c1[nH]c(C)c(CN(Cc2ccco2)S(=O)(=O)c2ccc(C(C)(C)C)cc2)c1C. The topological polar surface area (TPSA) is 92.6 Å². The number of hydrogen-bond donors (Lipinski definition) is 1. The molecule has 0 aliphatic heterocycles. The summed E-state index contributed by atoms with van der Waals surface area (Å²) in [6, 6.07) is 10.5. The fraction of sp³-hybridized carbons (Fsp3) is 0.400. The Morgan fingerprint density at radius 3 is 2.30 bits per heavy atom. The van der Waals surface area contributed by atoms with E-state index >= 15 is 0 Å². The summed E-state index contributed by atoms with van der Waals surface area (Å²) in [5.41, 5.74) is 3.44. The van der Waals surface area contributed by atoms with Crippen molar-refractivity contribution in [3.8, 4) is 0 Å². The number of ether oxygens (including phenoxy) is 1. The monoisotopic (exact) mass is 472 g/mol. The van der Waals surface area contributed by atoms with E-state index in [1.165, 1.54) is 10.6 Å². The van der Waals surface area contributed by atoms with E-state index in [2.05, 4.69) is 25.8 Å². The van der Waals surface area contributed by atoms with E-state index in [9.17, 15) is 13.2 Å². The van der Waals surface area contributed by atoms with Crippen molar-refractivity contribution < 1.29 is 22.4 Å². The Labute approximate surface area is 195 Å². The van der Waals surface area contributed by atoms with Crippen LogP contribution in [-0.2, 0) is 33.3 Å². The van der Waals surface area contributed by atoms with E-state index in [1.54, 1.807) is 38.1 Å². The Balaban J connectivity index is 2.00. The van der Waals surface area contributed by atoms with Gasteiger partial charge in [-0.3, -0.25) is 0 Å². The van der Waals surface area contributed by atoms with Crippen LogP contribution >= 0.6 is 0 Å². The van der Waals surface area contributed by atoms with Crippen LogP contribution in [0.15, 0.2) is 52.0 Å². The third-order valence-corrected chi connectivity index (χ3v) is 7.48. The summed E-state index contributed by atoms with van der Waals surface area (Å²) in [6.45, 7) is 12.0. The van der Waals surface area contributed by atoms with E-state index in [1.807, 2.05) is 19.1 Å². The Kier molecular flexibility index (Phi) is 7.19. The van der Waals surface area contributed by atoms with Gasteiger partial charge in [-0.2, -0.15) is 4.31 Å². The van der Waals surface area contributed by atoms with Crippen molar-refractivity contribution in [1.29, 1.82) is 0 Å². The molecular weight excluding hydrogens is 440 g/mol. The second-order valence-electron chi connectivity index (χ2n) is 9.08. The van der Waals surface area contributed by atoms with Crippen molar-refractivity contribution in [3.05, 3.63) is 76.5 Å². The molecule has 2 aromatic heterocycles. The quantitative estimate of drug-likeness (QED) is 0.461. The Morgan fingerprint density at radius 2 is 1.76 bits per heavy atom. The molecule has 0 bridgehead atoms. The summed E-state index contributed by atoms with van der Waals surface area (Å²) in [4.78, 5) is 15.6. The average Bonchev–Trinajstić information content (AvgIpc) is 3.36. The summed E-state index contributed by atoms with van der Waals surface area (Å²) in [5, 5.41) is 0. The molecule has 0 unspecified atom stereocenters. The second kappa shape index (κ2) is 9.57. The highest BCUT2D eigenvalue weighted by Gasteiger charge is 2.29. The molecule has 0 fully saturated rings. The molecular formula is C25H32N2O5S. The van der Waals surface area contributed by atoms with Crippen LogP contribution < -0.4 is 0 Å². The van der Waals surface area contributed by atoms with Crippen molar-refractivity contribution in [1.82, 2.24) is 9.29 Å². The number of sulfonamides is 1. The van der Waals surface area contributed by atoms with Crippen molar-refractivity contribution >= 4 is 16.0 Å². The average molecular weight is 473 g/mol. The molecule has 3 rings (SSSR count). The maximum atomic E-state index is 13.7. The lowest BCUT2D eigenvalue weighted by molar-refractivity contribution is 0.0519. The number of esters is 1. The van der Waals surface area contributed by atoms with Crippen LogP contribution in [0.2, 0.25) is 0 Å². The minimum Gasteiger partial charge on any atom is -0.468 e. The number of nitrogens with one attached hydrogen (secondary N) is 1. The number of aromatic nitrogens is 1. The molecule has 1 aromatic carbocycles. The maximum absolute atomic E-state index is 13.7. The minimum atomic E-state index is -3.85. The Morgan fingerprint density at radius 1 is 1.09 bits per heavy atom. The van der Waals surface area contributed by atoms with Crippen molar-refractivity contribution in [2.45, 2.75) is 64.9 Å². The lowest BCUT2D eigenvalue weighted by Gasteiger charge is -2.23. The van der Waals surface area contributed by atoms with Gasteiger partial charge in [0.05, 0.1) is 24.3 Å².